The second-order valence-electron chi connectivity index (χ2n) is 9.60. The molecule has 1 amide bonds. The number of sulfonamides is 1. The van der Waals surface area contributed by atoms with Crippen LogP contribution in [0.3, 0.4) is 0 Å². The number of rotatable bonds is 9. The van der Waals surface area contributed by atoms with Crippen LogP contribution in [0.15, 0.2) is 44.8 Å². The van der Waals surface area contributed by atoms with Gasteiger partial charge in [-0.1, -0.05) is 23.2 Å². The molecule has 0 bridgehead atoms. The van der Waals surface area contributed by atoms with Gasteiger partial charge in [0.15, 0.2) is 11.4 Å². The Kier molecular flexibility index (Phi) is 7.80. The summed E-state index contributed by atoms with van der Waals surface area (Å²) in [7, 11) is -4.22. The largest absolute Gasteiger partial charge is 0.507 e. The van der Waals surface area contributed by atoms with Gasteiger partial charge in [-0.25, -0.2) is 26.7 Å². The van der Waals surface area contributed by atoms with Gasteiger partial charge in [0.05, 0.1) is 15.7 Å². The number of carbonyl (C=O) groups is 1. The molecule has 2 aliphatic rings. The molecule has 2 aromatic carbocycles. The SMILES string of the molecule is O=c1[nH]c(=O)n(-c2cc(Cl)c(Oc3ccc(O)c(S(=O)(=O)N[C@H]4C[C@H](C(=O)NC5CC5)C4)c3)c(Cl)c2)nc1C(F)F. The van der Waals surface area contributed by atoms with E-state index in [1.807, 2.05) is 0 Å². The van der Waals surface area contributed by atoms with E-state index in [0.717, 1.165) is 37.1 Å². The third kappa shape index (κ3) is 6.22. The van der Waals surface area contributed by atoms with Crippen LogP contribution in [0.4, 0.5) is 8.78 Å². The van der Waals surface area contributed by atoms with Gasteiger partial charge in [-0.05, 0) is 49.9 Å². The average Bonchev–Trinajstić information content (AvgIpc) is 3.67. The van der Waals surface area contributed by atoms with E-state index in [-0.39, 0.29) is 45.1 Å². The minimum Gasteiger partial charge on any atom is -0.507 e. The van der Waals surface area contributed by atoms with Crippen LogP contribution in [0, 0.1) is 5.92 Å². The van der Waals surface area contributed by atoms with Crippen molar-refractivity contribution in [3.05, 3.63) is 66.9 Å². The maximum atomic E-state index is 13.1. The summed E-state index contributed by atoms with van der Waals surface area (Å²) in [5, 5.41) is 16.1. The Morgan fingerprint density at radius 2 is 1.78 bits per heavy atom. The summed E-state index contributed by atoms with van der Waals surface area (Å²) in [4.78, 5) is 37.1. The number of amides is 1. The second kappa shape index (κ2) is 11.0. The molecule has 0 saturated heterocycles. The Balaban J connectivity index is 1.34. The molecule has 5 rings (SSSR count). The third-order valence-corrected chi connectivity index (χ3v) is 8.59. The monoisotopic (exact) mass is 631 g/mol. The van der Waals surface area contributed by atoms with Crippen LogP contribution in [0.25, 0.3) is 5.69 Å². The van der Waals surface area contributed by atoms with Crippen molar-refractivity contribution in [2.45, 2.75) is 49.1 Å². The van der Waals surface area contributed by atoms with Gasteiger partial charge < -0.3 is 15.2 Å². The number of benzene rings is 2. The average molecular weight is 632 g/mol. The summed E-state index contributed by atoms with van der Waals surface area (Å²) in [5.41, 5.74) is -3.83. The minimum atomic E-state index is -4.22. The summed E-state index contributed by atoms with van der Waals surface area (Å²) in [5.74, 6) is -1.22. The Bertz CT molecular complexity index is 1730. The lowest BCUT2D eigenvalue weighted by molar-refractivity contribution is -0.128. The first kappa shape index (κ1) is 29.0. The van der Waals surface area contributed by atoms with Crippen molar-refractivity contribution in [3.63, 3.8) is 0 Å². The normalized spacial score (nSPS) is 18.7. The number of phenols is 1. The summed E-state index contributed by atoms with van der Waals surface area (Å²) in [6, 6.07) is 5.30. The molecule has 0 atom stereocenters. The van der Waals surface area contributed by atoms with E-state index < -0.39 is 50.1 Å². The molecule has 41 heavy (non-hydrogen) atoms. The summed E-state index contributed by atoms with van der Waals surface area (Å²) in [6.07, 6.45) is -0.731. The number of aromatic hydroxyl groups is 1. The van der Waals surface area contributed by atoms with Crippen LogP contribution in [0.2, 0.25) is 10.0 Å². The standard InChI is InChI=1S/C24H21Cl2F2N5O7S/c25-15-7-13(33-24(37)30-23(36)19(31-33)21(27)28)8-16(26)20(15)40-14-3-4-17(34)18(9-14)41(38,39)32-12-5-10(6-12)22(35)29-11-1-2-11/h3-4,7-12,21,32,34H,1-2,5-6H2,(H,29,35)(H,30,36,37)/t10-,12-. The van der Waals surface area contributed by atoms with Crippen molar-refractivity contribution < 1.29 is 31.8 Å². The van der Waals surface area contributed by atoms with Crippen molar-refractivity contribution in [2.75, 3.05) is 0 Å². The molecule has 2 fully saturated rings. The zero-order valence-electron chi connectivity index (χ0n) is 20.7. The molecule has 0 unspecified atom stereocenters. The number of halogens is 4. The Morgan fingerprint density at radius 3 is 2.39 bits per heavy atom. The Hall–Kier alpha value is -3.53. The zero-order valence-corrected chi connectivity index (χ0v) is 23.1. The molecule has 17 heteroatoms. The molecule has 3 aromatic rings. The van der Waals surface area contributed by atoms with Gasteiger partial charge in [-0.3, -0.25) is 14.6 Å². The van der Waals surface area contributed by atoms with Crippen LogP contribution < -0.4 is 26.0 Å². The van der Waals surface area contributed by atoms with Gasteiger partial charge in [0.1, 0.15) is 16.4 Å². The number of alkyl halides is 2. The van der Waals surface area contributed by atoms with E-state index in [4.69, 9.17) is 27.9 Å². The summed E-state index contributed by atoms with van der Waals surface area (Å²) in [6.45, 7) is 0. The molecule has 0 radical (unpaired) electrons. The highest BCUT2D eigenvalue weighted by atomic mass is 35.5. The highest BCUT2D eigenvalue weighted by Gasteiger charge is 2.39. The molecule has 1 aromatic heterocycles. The molecule has 218 valence electrons. The maximum absolute atomic E-state index is 13.1. The predicted molar refractivity (Wildman–Crippen MR) is 142 cm³/mol. The van der Waals surface area contributed by atoms with Crippen LogP contribution in [-0.2, 0) is 14.8 Å². The number of aromatic nitrogens is 3. The van der Waals surface area contributed by atoms with E-state index >= 15 is 0 Å². The smallest absolute Gasteiger partial charge is 0.349 e. The van der Waals surface area contributed by atoms with Gasteiger partial charge in [0.2, 0.25) is 15.9 Å². The van der Waals surface area contributed by atoms with E-state index in [1.165, 1.54) is 6.07 Å². The maximum Gasteiger partial charge on any atom is 0.349 e. The van der Waals surface area contributed by atoms with Gasteiger partial charge >= 0.3 is 5.69 Å². The second-order valence-corrected chi connectivity index (χ2v) is 12.1. The molecular formula is C24H21Cl2F2N5O7S. The van der Waals surface area contributed by atoms with E-state index in [0.29, 0.717) is 17.5 Å². The van der Waals surface area contributed by atoms with Gasteiger partial charge in [-0.15, -0.1) is 0 Å². The van der Waals surface area contributed by atoms with Crippen LogP contribution in [0.1, 0.15) is 37.8 Å². The highest BCUT2D eigenvalue weighted by Crippen LogP contribution is 2.40. The zero-order chi connectivity index (χ0) is 29.6. The molecule has 0 aliphatic heterocycles. The summed E-state index contributed by atoms with van der Waals surface area (Å²) < 4.78 is 60.8. The molecule has 2 aliphatic carbocycles. The molecular weight excluding hydrogens is 611 g/mol. The molecule has 1 heterocycles. The van der Waals surface area contributed by atoms with Crippen molar-refractivity contribution in [1.82, 2.24) is 24.8 Å². The number of carbonyl (C=O) groups excluding carboxylic acids is 1. The number of ether oxygens (including phenoxy) is 1. The lowest BCUT2D eigenvalue weighted by atomic mass is 9.80. The van der Waals surface area contributed by atoms with Crippen LogP contribution in [-0.4, -0.2) is 46.3 Å². The lowest BCUT2D eigenvalue weighted by Gasteiger charge is -2.34. The molecule has 0 spiro atoms. The first-order valence-corrected chi connectivity index (χ1v) is 14.4. The van der Waals surface area contributed by atoms with E-state index in [9.17, 15) is 36.7 Å². The number of phenolic OH excluding ortho intramolecular Hbond substituents is 1. The minimum absolute atomic E-state index is 0.0886. The van der Waals surface area contributed by atoms with Gasteiger partial charge in [0, 0.05) is 24.1 Å². The molecule has 4 N–H and O–H groups in total. The van der Waals surface area contributed by atoms with Crippen molar-refractivity contribution in [3.8, 4) is 22.9 Å². The topological polar surface area (TPSA) is 172 Å². The number of hydrogen-bond acceptors (Lipinski definition) is 8. The van der Waals surface area contributed by atoms with E-state index in [1.54, 1.807) is 4.98 Å². The fourth-order valence-corrected chi connectivity index (χ4v) is 6.07. The van der Waals surface area contributed by atoms with Crippen LogP contribution in [0.5, 0.6) is 17.2 Å². The first-order valence-electron chi connectivity index (χ1n) is 12.2. The fraction of sp³-hybridized carbons (Fsp3) is 0.333. The highest BCUT2D eigenvalue weighted by molar-refractivity contribution is 7.89. The van der Waals surface area contributed by atoms with Gasteiger partial charge in [0.25, 0.3) is 12.0 Å². The van der Waals surface area contributed by atoms with Crippen molar-refractivity contribution in [2.24, 2.45) is 5.92 Å². The van der Waals surface area contributed by atoms with Crippen molar-refractivity contribution in [1.29, 1.82) is 0 Å². The fourth-order valence-electron chi connectivity index (χ4n) is 4.15. The predicted octanol–water partition coefficient (Wildman–Crippen LogP) is 3.00. The van der Waals surface area contributed by atoms with E-state index in [2.05, 4.69) is 15.1 Å². The molecule has 12 nitrogen and oxygen atoms in total. The van der Waals surface area contributed by atoms with Crippen molar-refractivity contribution >= 4 is 39.1 Å². The number of aromatic amines is 1. The third-order valence-electron chi connectivity index (χ3n) is 6.48. The lowest BCUT2D eigenvalue weighted by Crippen LogP contribution is -2.49. The molecule has 2 saturated carbocycles. The quantitative estimate of drug-likeness (QED) is 0.279. The number of hydrogen-bond donors (Lipinski definition) is 4. The summed E-state index contributed by atoms with van der Waals surface area (Å²) >= 11 is 12.5. The Labute approximate surface area is 240 Å². The van der Waals surface area contributed by atoms with Crippen LogP contribution >= 0.6 is 23.2 Å². The number of nitrogens with one attached hydrogen (secondary N) is 3. The Morgan fingerprint density at radius 1 is 1.12 bits per heavy atom. The van der Waals surface area contributed by atoms with Gasteiger partial charge in [-0.2, -0.15) is 9.78 Å². The number of H-pyrrole nitrogens is 1. The first-order chi connectivity index (χ1) is 19.3. The number of nitrogens with zero attached hydrogens (tertiary/aromatic N) is 2.